The minimum absolute atomic E-state index is 0.0468. The van der Waals surface area contributed by atoms with Gasteiger partial charge in [0.05, 0.1) is 35.4 Å². The first-order valence-corrected chi connectivity index (χ1v) is 10.6. The Morgan fingerprint density at radius 1 is 1.06 bits per heavy atom. The summed E-state index contributed by atoms with van der Waals surface area (Å²) in [5.74, 6) is -0.330. The first-order valence-electron chi connectivity index (χ1n) is 9.84. The van der Waals surface area contributed by atoms with Crippen LogP contribution in [-0.2, 0) is 11.2 Å². The zero-order chi connectivity index (χ0) is 22.2. The van der Waals surface area contributed by atoms with Gasteiger partial charge in [-0.2, -0.15) is 0 Å². The lowest BCUT2D eigenvalue weighted by Crippen LogP contribution is -2.36. The number of aromatic nitrogens is 4. The van der Waals surface area contributed by atoms with Crippen LogP contribution in [0.4, 0.5) is 5.69 Å². The summed E-state index contributed by atoms with van der Waals surface area (Å²) in [6.45, 7) is 2.69. The Morgan fingerprint density at radius 3 is 2.66 bits per heavy atom. The van der Waals surface area contributed by atoms with Crippen molar-refractivity contribution in [2.75, 3.05) is 31.2 Å². The Labute approximate surface area is 191 Å². The van der Waals surface area contributed by atoms with Crippen LogP contribution in [0.1, 0.15) is 11.5 Å². The van der Waals surface area contributed by atoms with Crippen molar-refractivity contribution in [3.63, 3.8) is 0 Å². The van der Waals surface area contributed by atoms with Gasteiger partial charge in [0.15, 0.2) is 5.69 Å². The van der Waals surface area contributed by atoms with Crippen molar-refractivity contribution in [1.82, 2.24) is 19.6 Å². The van der Waals surface area contributed by atoms with E-state index in [2.05, 4.69) is 20.1 Å². The van der Waals surface area contributed by atoms with Crippen LogP contribution in [0.2, 0.25) is 10.0 Å². The number of fused-ring (bicyclic) bond motifs is 1. The number of hydrogen-bond donors (Lipinski definition) is 1. The molecular formula is C21H17Cl2N5O4. The Morgan fingerprint density at radius 2 is 1.88 bits per heavy atom. The standard InChI is InChI=1S/C21H17Cl2N5O4/c22-14-3-1-12(9-15(14)23)10-17-25-26-20(32-17)18-19(29)21(30)28-11-13(2-4-16(28)24-18)27-5-7-31-8-6-27/h1-4,9,11,29H,5-8,10H2. The van der Waals surface area contributed by atoms with Crippen LogP contribution in [0.25, 0.3) is 17.2 Å². The summed E-state index contributed by atoms with van der Waals surface area (Å²) in [4.78, 5) is 19.3. The normalized spacial score (nSPS) is 14.2. The molecule has 5 rings (SSSR count). The SMILES string of the molecule is O=c1c(O)c(-c2nnc(Cc3ccc(Cl)c(Cl)c3)o2)nc2ccc(N3CCOCC3)cn12. The van der Waals surface area contributed by atoms with E-state index >= 15 is 0 Å². The highest BCUT2D eigenvalue weighted by molar-refractivity contribution is 6.42. The highest BCUT2D eigenvalue weighted by Crippen LogP contribution is 2.27. The van der Waals surface area contributed by atoms with Crippen molar-refractivity contribution in [2.24, 2.45) is 0 Å². The highest BCUT2D eigenvalue weighted by atomic mass is 35.5. The molecule has 164 valence electrons. The third kappa shape index (κ3) is 3.90. The van der Waals surface area contributed by atoms with Crippen molar-refractivity contribution in [3.8, 4) is 17.3 Å². The molecule has 9 nitrogen and oxygen atoms in total. The second kappa shape index (κ2) is 8.42. The van der Waals surface area contributed by atoms with E-state index in [-0.39, 0.29) is 17.5 Å². The van der Waals surface area contributed by atoms with Crippen molar-refractivity contribution in [3.05, 3.63) is 68.4 Å². The van der Waals surface area contributed by atoms with Crippen LogP contribution >= 0.6 is 23.2 Å². The number of rotatable bonds is 4. The summed E-state index contributed by atoms with van der Waals surface area (Å²) < 4.78 is 12.3. The number of ether oxygens (including phenoxy) is 1. The second-order valence-electron chi connectivity index (χ2n) is 7.26. The Bertz CT molecular complexity index is 1360. The third-order valence-electron chi connectivity index (χ3n) is 5.17. The highest BCUT2D eigenvalue weighted by Gasteiger charge is 2.20. The maximum atomic E-state index is 12.8. The van der Waals surface area contributed by atoms with E-state index in [1.165, 1.54) is 4.40 Å². The molecule has 1 aliphatic heterocycles. The van der Waals surface area contributed by atoms with E-state index in [0.29, 0.717) is 35.3 Å². The monoisotopic (exact) mass is 473 g/mol. The number of aromatic hydroxyl groups is 1. The molecule has 4 aromatic rings. The lowest BCUT2D eigenvalue weighted by atomic mass is 10.1. The number of benzene rings is 1. The van der Waals surface area contributed by atoms with Crippen LogP contribution in [0.3, 0.4) is 0 Å². The summed E-state index contributed by atoms with van der Waals surface area (Å²) in [6, 6.07) is 8.76. The minimum atomic E-state index is -0.621. The maximum Gasteiger partial charge on any atom is 0.300 e. The molecule has 1 aliphatic rings. The molecule has 11 heteroatoms. The molecule has 1 N–H and O–H groups in total. The largest absolute Gasteiger partial charge is 0.501 e. The maximum absolute atomic E-state index is 12.8. The van der Waals surface area contributed by atoms with Gasteiger partial charge in [-0.25, -0.2) is 4.98 Å². The van der Waals surface area contributed by atoms with Gasteiger partial charge in [0, 0.05) is 19.3 Å². The molecule has 32 heavy (non-hydrogen) atoms. The topological polar surface area (TPSA) is 106 Å². The second-order valence-corrected chi connectivity index (χ2v) is 8.07. The lowest BCUT2D eigenvalue weighted by molar-refractivity contribution is 0.122. The number of morpholine rings is 1. The Kier molecular flexibility index (Phi) is 5.46. The molecular weight excluding hydrogens is 457 g/mol. The summed E-state index contributed by atoms with van der Waals surface area (Å²) in [7, 11) is 0. The minimum Gasteiger partial charge on any atom is -0.501 e. The van der Waals surface area contributed by atoms with Crippen LogP contribution in [0.15, 0.2) is 45.7 Å². The van der Waals surface area contributed by atoms with Crippen LogP contribution < -0.4 is 10.5 Å². The van der Waals surface area contributed by atoms with Crippen molar-refractivity contribution in [2.45, 2.75) is 6.42 Å². The zero-order valence-electron chi connectivity index (χ0n) is 16.7. The summed E-state index contributed by atoms with van der Waals surface area (Å²) in [5.41, 5.74) is 1.33. The molecule has 0 saturated carbocycles. The lowest BCUT2D eigenvalue weighted by Gasteiger charge is -2.28. The van der Waals surface area contributed by atoms with Gasteiger partial charge in [-0.3, -0.25) is 9.20 Å². The summed E-state index contributed by atoms with van der Waals surface area (Å²) in [5, 5.41) is 19.3. The molecule has 0 unspecified atom stereocenters. The number of hydrogen-bond acceptors (Lipinski definition) is 8. The van der Waals surface area contributed by atoms with E-state index in [0.717, 1.165) is 24.3 Å². The molecule has 0 spiro atoms. The fourth-order valence-electron chi connectivity index (χ4n) is 3.52. The van der Waals surface area contributed by atoms with Gasteiger partial charge >= 0.3 is 5.56 Å². The van der Waals surface area contributed by atoms with Gasteiger partial charge in [-0.05, 0) is 29.8 Å². The molecule has 0 radical (unpaired) electrons. The van der Waals surface area contributed by atoms with Gasteiger partial charge < -0.3 is 19.2 Å². The number of anilines is 1. The predicted octanol–water partition coefficient (Wildman–Crippen LogP) is 3.18. The van der Waals surface area contributed by atoms with Gasteiger partial charge in [-0.15, -0.1) is 10.2 Å². The Hall–Kier alpha value is -3.14. The summed E-state index contributed by atoms with van der Waals surface area (Å²) in [6.07, 6.45) is 1.96. The third-order valence-corrected chi connectivity index (χ3v) is 5.91. The predicted molar refractivity (Wildman–Crippen MR) is 119 cm³/mol. The zero-order valence-corrected chi connectivity index (χ0v) is 18.2. The van der Waals surface area contributed by atoms with Crippen LogP contribution in [-0.4, -0.2) is 51.0 Å². The van der Waals surface area contributed by atoms with Crippen molar-refractivity contribution < 1.29 is 14.3 Å². The van der Waals surface area contributed by atoms with E-state index < -0.39 is 11.3 Å². The number of pyridine rings is 1. The van der Waals surface area contributed by atoms with Crippen LogP contribution in [0, 0.1) is 0 Å². The van der Waals surface area contributed by atoms with Crippen molar-refractivity contribution >= 4 is 34.5 Å². The summed E-state index contributed by atoms with van der Waals surface area (Å²) >= 11 is 12.0. The van der Waals surface area contributed by atoms with E-state index in [9.17, 15) is 9.90 Å². The first-order chi connectivity index (χ1) is 15.5. The quantitative estimate of drug-likeness (QED) is 0.481. The van der Waals surface area contributed by atoms with Gasteiger partial charge in [-0.1, -0.05) is 29.3 Å². The van der Waals surface area contributed by atoms with E-state index in [1.807, 2.05) is 6.07 Å². The van der Waals surface area contributed by atoms with Gasteiger partial charge in [0.1, 0.15) is 5.65 Å². The number of nitrogens with zero attached hydrogens (tertiary/aromatic N) is 5. The molecule has 1 aromatic carbocycles. The molecule has 0 bridgehead atoms. The molecule has 3 aromatic heterocycles. The average Bonchev–Trinajstić information content (AvgIpc) is 3.27. The van der Waals surface area contributed by atoms with E-state index in [1.54, 1.807) is 30.5 Å². The van der Waals surface area contributed by atoms with Gasteiger partial charge in [0.2, 0.25) is 11.6 Å². The average molecular weight is 474 g/mol. The first kappa shape index (κ1) is 20.7. The molecule has 0 aliphatic carbocycles. The molecule has 0 atom stereocenters. The Balaban J connectivity index is 1.47. The van der Waals surface area contributed by atoms with Crippen molar-refractivity contribution in [1.29, 1.82) is 0 Å². The van der Waals surface area contributed by atoms with Crippen LogP contribution in [0.5, 0.6) is 5.75 Å². The van der Waals surface area contributed by atoms with E-state index in [4.69, 9.17) is 32.4 Å². The fourth-order valence-corrected chi connectivity index (χ4v) is 3.84. The smallest absolute Gasteiger partial charge is 0.300 e. The molecule has 4 heterocycles. The molecule has 0 amide bonds. The fraction of sp³-hybridized carbons (Fsp3) is 0.238. The molecule has 1 fully saturated rings. The molecule has 1 saturated heterocycles. The number of halogens is 2. The van der Waals surface area contributed by atoms with Gasteiger partial charge in [0.25, 0.3) is 5.89 Å².